The summed E-state index contributed by atoms with van der Waals surface area (Å²) in [7, 11) is 0. The van der Waals surface area contributed by atoms with Gasteiger partial charge in [0, 0.05) is 24.3 Å². The smallest absolute Gasteiger partial charge is 0.251 e. The molecule has 1 atom stereocenters. The molecule has 0 bridgehead atoms. The van der Waals surface area contributed by atoms with E-state index in [1.807, 2.05) is 0 Å². The Morgan fingerprint density at radius 1 is 1.22 bits per heavy atom. The van der Waals surface area contributed by atoms with Crippen LogP contribution in [0, 0.1) is 11.6 Å². The van der Waals surface area contributed by atoms with E-state index in [9.17, 15) is 13.6 Å². The summed E-state index contributed by atoms with van der Waals surface area (Å²) in [4.78, 5) is 12.0. The van der Waals surface area contributed by atoms with Gasteiger partial charge in [0.15, 0.2) is 11.6 Å². The first-order valence-electron chi connectivity index (χ1n) is 7.14. The first kappa shape index (κ1) is 16.9. The minimum atomic E-state index is -0.801. The van der Waals surface area contributed by atoms with Crippen LogP contribution in [0.1, 0.15) is 23.7 Å². The molecule has 0 saturated carbocycles. The molecule has 6 heteroatoms. The van der Waals surface area contributed by atoms with Crippen molar-refractivity contribution in [2.75, 3.05) is 6.61 Å². The number of ether oxygens (including phenoxy) is 1. The fraction of sp³-hybridized carbons (Fsp3) is 0.235. The molecular formula is C17H17F2NO3. The van der Waals surface area contributed by atoms with Gasteiger partial charge in [0.05, 0.1) is 0 Å². The molecule has 0 radical (unpaired) electrons. The van der Waals surface area contributed by atoms with Gasteiger partial charge in [-0.3, -0.25) is 4.79 Å². The first-order valence-corrected chi connectivity index (χ1v) is 7.14. The molecule has 0 heterocycles. The number of amides is 1. The third-order valence-electron chi connectivity index (χ3n) is 3.18. The first-order chi connectivity index (χ1) is 11.0. The van der Waals surface area contributed by atoms with Crippen LogP contribution in [0.3, 0.4) is 0 Å². The number of aliphatic hydroxyl groups is 1. The van der Waals surface area contributed by atoms with E-state index < -0.39 is 11.6 Å². The van der Waals surface area contributed by atoms with Crippen LogP contribution in [0.4, 0.5) is 8.78 Å². The number of aliphatic hydroxyl groups excluding tert-OH is 1. The molecule has 1 unspecified atom stereocenters. The molecule has 122 valence electrons. The van der Waals surface area contributed by atoms with Crippen molar-refractivity contribution in [2.24, 2.45) is 0 Å². The van der Waals surface area contributed by atoms with Gasteiger partial charge >= 0.3 is 0 Å². The number of nitrogens with one attached hydrogen (secondary N) is 1. The Hall–Kier alpha value is -2.47. The molecule has 2 aromatic carbocycles. The summed E-state index contributed by atoms with van der Waals surface area (Å²) in [5.41, 5.74) is 0.418. The van der Waals surface area contributed by atoms with Crippen molar-refractivity contribution in [3.63, 3.8) is 0 Å². The van der Waals surface area contributed by atoms with Gasteiger partial charge < -0.3 is 15.2 Å². The van der Waals surface area contributed by atoms with E-state index >= 15 is 0 Å². The molecule has 2 rings (SSSR count). The Kier molecular flexibility index (Phi) is 5.65. The van der Waals surface area contributed by atoms with Gasteiger partial charge in [-0.05, 0) is 49.7 Å². The number of rotatable bonds is 6. The fourth-order valence-corrected chi connectivity index (χ4v) is 1.93. The van der Waals surface area contributed by atoms with Crippen LogP contribution in [0.15, 0.2) is 42.5 Å². The maximum atomic E-state index is 13.5. The summed E-state index contributed by atoms with van der Waals surface area (Å²) in [5.74, 6) is -1.52. The van der Waals surface area contributed by atoms with Crippen LogP contribution in [0.5, 0.6) is 11.5 Å². The number of benzene rings is 2. The molecule has 1 amide bonds. The maximum absolute atomic E-state index is 13.5. The van der Waals surface area contributed by atoms with Crippen LogP contribution < -0.4 is 10.1 Å². The predicted octanol–water partition coefficient (Wildman–Crippen LogP) is 3.26. The van der Waals surface area contributed by atoms with Gasteiger partial charge in [-0.25, -0.2) is 8.78 Å². The summed E-state index contributed by atoms with van der Waals surface area (Å²) in [6, 6.07) is 9.01. The zero-order valence-electron chi connectivity index (χ0n) is 12.6. The van der Waals surface area contributed by atoms with E-state index in [4.69, 9.17) is 9.84 Å². The lowest BCUT2D eigenvalue weighted by molar-refractivity contribution is 0.0934. The number of hydrogen-bond acceptors (Lipinski definition) is 3. The Balaban J connectivity index is 2.03. The van der Waals surface area contributed by atoms with Gasteiger partial charge in [-0.2, -0.15) is 0 Å². The summed E-state index contributed by atoms with van der Waals surface area (Å²) < 4.78 is 31.7. The molecule has 23 heavy (non-hydrogen) atoms. The highest BCUT2D eigenvalue weighted by molar-refractivity contribution is 5.94. The standard InChI is InChI=1S/C17H17F2NO3/c1-11(8-9-21)20-17(22)12-2-5-14(6-3-12)23-16-7-4-13(18)10-15(16)19/h2-7,10-11,21H,8-9H2,1H3,(H,20,22). The average molecular weight is 321 g/mol. The molecule has 2 aromatic rings. The van der Waals surface area contributed by atoms with Crippen molar-refractivity contribution in [1.82, 2.24) is 5.32 Å². The van der Waals surface area contributed by atoms with Crippen LogP contribution in [-0.4, -0.2) is 23.7 Å². The maximum Gasteiger partial charge on any atom is 0.251 e. The molecule has 0 aliphatic heterocycles. The highest BCUT2D eigenvalue weighted by Crippen LogP contribution is 2.25. The SMILES string of the molecule is CC(CCO)NC(=O)c1ccc(Oc2ccc(F)cc2F)cc1. The van der Waals surface area contributed by atoms with Gasteiger partial charge in [0.2, 0.25) is 0 Å². The Bertz CT molecular complexity index is 674. The molecule has 2 N–H and O–H groups in total. The Labute approximate surface area is 132 Å². The topological polar surface area (TPSA) is 58.6 Å². The third kappa shape index (κ3) is 4.75. The van der Waals surface area contributed by atoms with Crippen molar-refractivity contribution < 1.29 is 23.4 Å². The lowest BCUT2D eigenvalue weighted by Gasteiger charge is -2.12. The van der Waals surface area contributed by atoms with E-state index in [0.717, 1.165) is 12.1 Å². The second-order valence-electron chi connectivity index (χ2n) is 5.09. The van der Waals surface area contributed by atoms with Crippen LogP contribution in [0.2, 0.25) is 0 Å². The van der Waals surface area contributed by atoms with E-state index in [1.54, 1.807) is 6.92 Å². The Morgan fingerprint density at radius 2 is 1.91 bits per heavy atom. The molecular weight excluding hydrogens is 304 g/mol. The highest BCUT2D eigenvalue weighted by atomic mass is 19.1. The van der Waals surface area contributed by atoms with Crippen molar-refractivity contribution >= 4 is 5.91 Å². The van der Waals surface area contributed by atoms with Crippen LogP contribution in [0.25, 0.3) is 0 Å². The van der Waals surface area contributed by atoms with Crippen LogP contribution in [-0.2, 0) is 0 Å². The highest BCUT2D eigenvalue weighted by Gasteiger charge is 2.10. The summed E-state index contributed by atoms with van der Waals surface area (Å²) in [5, 5.41) is 11.6. The number of halogens is 2. The predicted molar refractivity (Wildman–Crippen MR) is 81.5 cm³/mol. The van der Waals surface area contributed by atoms with Gasteiger partial charge in [0.25, 0.3) is 5.91 Å². The summed E-state index contributed by atoms with van der Waals surface area (Å²) in [6.45, 7) is 1.79. The van der Waals surface area contributed by atoms with Gasteiger partial charge in [-0.15, -0.1) is 0 Å². The monoisotopic (exact) mass is 321 g/mol. The molecule has 4 nitrogen and oxygen atoms in total. The number of carbonyl (C=O) groups excluding carboxylic acids is 1. The van der Waals surface area contributed by atoms with Crippen molar-refractivity contribution in [1.29, 1.82) is 0 Å². The quantitative estimate of drug-likeness (QED) is 0.858. The minimum Gasteiger partial charge on any atom is -0.454 e. The van der Waals surface area contributed by atoms with Crippen molar-refractivity contribution in [2.45, 2.75) is 19.4 Å². The molecule has 0 fully saturated rings. The largest absolute Gasteiger partial charge is 0.454 e. The minimum absolute atomic E-state index is 0.00252. The molecule has 0 aliphatic rings. The van der Waals surface area contributed by atoms with E-state index in [2.05, 4.69) is 5.32 Å². The lowest BCUT2D eigenvalue weighted by Crippen LogP contribution is -2.33. The fourth-order valence-electron chi connectivity index (χ4n) is 1.93. The average Bonchev–Trinajstić information content (AvgIpc) is 2.51. The molecule has 0 aliphatic carbocycles. The second-order valence-corrected chi connectivity index (χ2v) is 5.09. The lowest BCUT2D eigenvalue weighted by atomic mass is 10.1. The molecule has 0 spiro atoms. The number of hydrogen-bond donors (Lipinski definition) is 2. The van der Waals surface area contributed by atoms with Crippen molar-refractivity contribution in [3.05, 3.63) is 59.7 Å². The van der Waals surface area contributed by atoms with Gasteiger partial charge in [-0.1, -0.05) is 0 Å². The van der Waals surface area contributed by atoms with E-state index in [1.165, 1.54) is 30.3 Å². The molecule has 0 saturated heterocycles. The zero-order chi connectivity index (χ0) is 16.8. The second kappa shape index (κ2) is 7.69. The molecule has 0 aromatic heterocycles. The number of carbonyl (C=O) groups is 1. The van der Waals surface area contributed by atoms with Crippen molar-refractivity contribution in [3.8, 4) is 11.5 Å². The zero-order valence-corrected chi connectivity index (χ0v) is 12.6. The third-order valence-corrected chi connectivity index (χ3v) is 3.18. The van der Waals surface area contributed by atoms with E-state index in [0.29, 0.717) is 17.7 Å². The normalized spacial score (nSPS) is 11.8. The van der Waals surface area contributed by atoms with E-state index in [-0.39, 0.29) is 24.3 Å². The summed E-state index contributed by atoms with van der Waals surface area (Å²) in [6.07, 6.45) is 0.469. The Morgan fingerprint density at radius 3 is 2.52 bits per heavy atom. The van der Waals surface area contributed by atoms with Gasteiger partial charge in [0.1, 0.15) is 11.6 Å². The van der Waals surface area contributed by atoms with Crippen LogP contribution >= 0.6 is 0 Å². The summed E-state index contributed by atoms with van der Waals surface area (Å²) >= 11 is 0.